The van der Waals surface area contributed by atoms with Gasteiger partial charge in [-0.3, -0.25) is 10.1 Å². The largest absolute Gasteiger partial charge is 0.424 e. The molecule has 0 fully saturated rings. The van der Waals surface area contributed by atoms with Gasteiger partial charge in [0.25, 0.3) is 11.7 Å². The Morgan fingerprint density at radius 3 is 3.10 bits per heavy atom. The van der Waals surface area contributed by atoms with Crippen molar-refractivity contribution in [3.63, 3.8) is 0 Å². The molecule has 0 aliphatic carbocycles. The summed E-state index contributed by atoms with van der Waals surface area (Å²) in [5, 5.41) is 13.6. The third kappa shape index (κ3) is 3.55. The summed E-state index contributed by atoms with van der Waals surface area (Å²) in [7, 11) is 0. The van der Waals surface area contributed by atoms with Crippen molar-refractivity contribution < 1.29 is 14.1 Å². The molecule has 1 N–H and O–H groups in total. The third-order valence-corrected chi connectivity index (χ3v) is 2.45. The van der Waals surface area contributed by atoms with Crippen LogP contribution in [0, 0.1) is 10.1 Å². The normalized spacial score (nSPS) is 10.7. The lowest BCUT2D eigenvalue weighted by Crippen LogP contribution is -2.10. The fourth-order valence-electron chi connectivity index (χ4n) is 1.58. The summed E-state index contributed by atoms with van der Waals surface area (Å²) in [5.74, 6) is 0. The molecule has 0 radical (unpaired) electrons. The van der Waals surface area contributed by atoms with Gasteiger partial charge < -0.3 is 14.5 Å². The zero-order chi connectivity index (χ0) is 14.5. The minimum absolute atomic E-state index is 0.0119. The second-order valence-corrected chi connectivity index (χ2v) is 4.36. The summed E-state index contributed by atoms with van der Waals surface area (Å²) in [6.07, 6.45) is 0. The number of oxazole rings is 1. The Balaban J connectivity index is 1.94. The second kappa shape index (κ2) is 6.16. The summed E-state index contributed by atoms with van der Waals surface area (Å²) in [5.41, 5.74) is 1.90. The molecule has 0 aliphatic heterocycles. The highest BCUT2D eigenvalue weighted by atomic mass is 16.6. The van der Waals surface area contributed by atoms with Crippen LogP contribution in [0.5, 0.6) is 0 Å². The maximum Gasteiger partial charge on any atom is 0.295 e. The van der Waals surface area contributed by atoms with Gasteiger partial charge >= 0.3 is 0 Å². The number of nitro groups is 1. The van der Waals surface area contributed by atoms with E-state index in [2.05, 4.69) is 16.9 Å². The third-order valence-electron chi connectivity index (χ3n) is 2.45. The molecule has 0 unspecified atom stereocenters. The van der Waals surface area contributed by atoms with Gasteiger partial charge in [0.2, 0.25) is 0 Å². The smallest absolute Gasteiger partial charge is 0.295 e. The van der Waals surface area contributed by atoms with Crippen LogP contribution in [-0.2, 0) is 4.74 Å². The van der Waals surface area contributed by atoms with E-state index >= 15 is 0 Å². The summed E-state index contributed by atoms with van der Waals surface area (Å²) in [6.45, 7) is 7.16. The van der Waals surface area contributed by atoms with E-state index in [1.54, 1.807) is 0 Å². The average Bonchev–Trinajstić information content (AvgIpc) is 2.79. The number of ether oxygens (including phenoxy) is 1. The molecule has 106 valence electrons. The highest BCUT2D eigenvalue weighted by Gasteiger charge is 2.11. The number of benzene rings is 1. The lowest BCUT2D eigenvalue weighted by Gasteiger charge is -2.03. The number of aromatic nitrogens is 1. The lowest BCUT2D eigenvalue weighted by atomic mass is 10.3. The Kier molecular flexibility index (Phi) is 4.31. The van der Waals surface area contributed by atoms with E-state index in [0.717, 1.165) is 5.57 Å². The zero-order valence-electron chi connectivity index (χ0n) is 11.1. The van der Waals surface area contributed by atoms with Gasteiger partial charge in [0.15, 0.2) is 5.58 Å². The molecule has 7 nitrogen and oxygen atoms in total. The lowest BCUT2D eigenvalue weighted by molar-refractivity contribution is -0.384. The first kappa shape index (κ1) is 14.0. The molecule has 0 aliphatic rings. The van der Waals surface area contributed by atoms with E-state index < -0.39 is 4.92 Å². The zero-order valence-corrected chi connectivity index (χ0v) is 11.1. The standard InChI is InChI=1S/C13H15N3O4/c1-9(2)8-19-6-5-14-13-15-11-7-10(16(17)18)3-4-12(11)20-13/h3-4,7H,1,5-6,8H2,2H3,(H,14,15). The number of hydrogen-bond acceptors (Lipinski definition) is 6. The number of rotatable bonds is 7. The molecule has 0 atom stereocenters. The predicted molar refractivity (Wildman–Crippen MR) is 74.8 cm³/mol. The van der Waals surface area contributed by atoms with E-state index in [4.69, 9.17) is 9.15 Å². The van der Waals surface area contributed by atoms with Gasteiger partial charge in [-0.25, -0.2) is 0 Å². The van der Waals surface area contributed by atoms with Gasteiger partial charge in [-0.15, -0.1) is 0 Å². The van der Waals surface area contributed by atoms with Crippen LogP contribution >= 0.6 is 0 Å². The number of hydrogen-bond donors (Lipinski definition) is 1. The number of anilines is 1. The van der Waals surface area contributed by atoms with Gasteiger partial charge in [-0.05, 0) is 13.0 Å². The highest BCUT2D eigenvalue weighted by Crippen LogP contribution is 2.23. The van der Waals surface area contributed by atoms with Crippen molar-refractivity contribution in [3.8, 4) is 0 Å². The Bertz CT molecular complexity index is 636. The summed E-state index contributed by atoms with van der Waals surface area (Å²) in [6, 6.07) is 4.61. The molecule has 2 rings (SSSR count). The summed E-state index contributed by atoms with van der Waals surface area (Å²) < 4.78 is 10.7. The maximum absolute atomic E-state index is 10.7. The number of fused-ring (bicyclic) bond motifs is 1. The van der Waals surface area contributed by atoms with E-state index in [1.165, 1.54) is 18.2 Å². The van der Waals surface area contributed by atoms with Crippen LogP contribution in [0.2, 0.25) is 0 Å². The molecular weight excluding hydrogens is 262 g/mol. The Morgan fingerprint density at radius 1 is 1.60 bits per heavy atom. The molecule has 1 aromatic heterocycles. The van der Waals surface area contributed by atoms with E-state index in [0.29, 0.717) is 36.9 Å². The SMILES string of the molecule is C=C(C)COCCNc1nc2cc([N+](=O)[O-])ccc2o1. The summed E-state index contributed by atoms with van der Waals surface area (Å²) >= 11 is 0. The predicted octanol–water partition coefficient (Wildman–Crippen LogP) is 2.74. The topological polar surface area (TPSA) is 90.4 Å². The van der Waals surface area contributed by atoms with Gasteiger partial charge in [-0.1, -0.05) is 12.2 Å². The van der Waals surface area contributed by atoms with Crippen LogP contribution in [0.4, 0.5) is 11.7 Å². The van der Waals surface area contributed by atoms with Crippen molar-refractivity contribution in [1.82, 2.24) is 4.98 Å². The van der Waals surface area contributed by atoms with Crippen molar-refractivity contribution in [2.75, 3.05) is 25.1 Å². The molecule has 2 aromatic rings. The van der Waals surface area contributed by atoms with Crippen LogP contribution in [0.1, 0.15) is 6.92 Å². The van der Waals surface area contributed by atoms with Crippen molar-refractivity contribution in [2.24, 2.45) is 0 Å². The van der Waals surface area contributed by atoms with Gasteiger partial charge in [0.1, 0.15) is 5.52 Å². The Labute approximate surface area is 115 Å². The van der Waals surface area contributed by atoms with Crippen molar-refractivity contribution in [2.45, 2.75) is 6.92 Å². The second-order valence-electron chi connectivity index (χ2n) is 4.36. The van der Waals surface area contributed by atoms with Gasteiger partial charge in [0, 0.05) is 18.7 Å². The van der Waals surface area contributed by atoms with Crippen LogP contribution in [0.25, 0.3) is 11.1 Å². The molecule has 1 heterocycles. The van der Waals surface area contributed by atoms with E-state index in [1.807, 2.05) is 6.92 Å². The Hall–Kier alpha value is -2.41. The first-order chi connectivity index (χ1) is 9.56. The van der Waals surface area contributed by atoms with E-state index in [-0.39, 0.29) is 5.69 Å². The summed E-state index contributed by atoms with van der Waals surface area (Å²) in [4.78, 5) is 14.3. The van der Waals surface area contributed by atoms with Crippen LogP contribution in [0.15, 0.2) is 34.8 Å². The monoisotopic (exact) mass is 277 g/mol. The number of nitrogens with zero attached hydrogens (tertiary/aromatic N) is 2. The molecule has 0 saturated heterocycles. The molecule has 20 heavy (non-hydrogen) atoms. The molecule has 0 amide bonds. The van der Waals surface area contributed by atoms with E-state index in [9.17, 15) is 10.1 Å². The average molecular weight is 277 g/mol. The molecule has 0 spiro atoms. The molecular formula is C13H15N3O4. The molecule has 7 heteroatoms. The van der Waals surface area contributed by atoms with Crippen molar-refractivity contribution >= 4 is 22.8 Å². The number of nitrogens with one attached hydrogen (secondary N) is 1. The number of non-ortho nitro benzene ring substituents is 1. The maximum atomic E-state index is 10.7. The first-order valence-corrected chi connectivity index (χ1v) is 6.07. The minimum Gasteiger partial charge on any atom is -0.424 e. The fourth-order valence-corrected chi connectivity index (χ4v) is 1.58. The fraction of sp³-hybridized carbons (Fsp3) is 0.308. The molecule has 0 bridgehead atoms. The van der Waals surface area contributed by atoms with Gasteiger partial charge in [-0.2, -0.15) is 4.98 Å². The van der Waals surface area contributed by atoms with Crippen molar-refractivity contribution in [1.29, 1.82) is 0 Å². The minimum atomic E-state index is -0.466. The van der Waals surface area contributed by atoms with Crippen LogP contribution < -0.4 is 5.32 Å². The quantitative estimate of drug-likeness (QED) is 0.362. The Morgan fingerprint density at radius 2 is 2.40 bits per heavy atom. The van der Waals surface area contributed by atoms with Crippen molar-refractivity contribution in [3.05, 3.63) is 40.5 Å². The molecule has 0 saturated carbocycles. The van der Waals surface area contributed by atoms with Crippen LogP contribution in [0.3, 0.4) is 0 Å². The first-order valence-electron chi connectivity index (χ1n) is 6.07. The highest BCUT2D eigenvalue weighted by molar-refractivity contribution is 5.77. The van der Waals surface area contributed by atoms with Crippen LogP contribution in [-0.4, -0.2) is 29.7 Å². The molecule has 1 aromatic carbocycles. The number of nitro benzene ring substituents is 1. The van der Waals surface area contributed by atoms with Gasteiger partial charge in [0.05, 0.1) is 18.1 Å².